The van der Waals surface area contributed by atoms with E-state index < -0.39 is 11.8 Å². The van der Waals surface area contributed by atoms with Crippen LogP contribution in [0.3, 0.4) is 0 Å². The van der Waals surface area contributed by atoms with Gasteiger partial charge in [0.1, 0.15) is 17.8 Å². The number of rotatable bonds is 5. The fraction of sp³-hybridized carbons (Fsp3) is 0.0385. The number of hydrogen-bond acceptors (Lipinski definition) is 6. The minimum absolute atomic E-state index is 0.0886. The Morgan fingerprint density at radius 3 is 2.41 bits per heavy atom. The van der Waals surface area contributed by atoms with Crippen molar-refractivity contribution >= 4 is 33.2 Å². The average molecular weight is 473 g/mol. The van der Waals surface area contributed by atoms with E-state index in [9.17, 15) is 19.1 Å². The number of carbonyl (C=O) groups excluding carboxylic acids is 1. The number of benzene rings is 3. The summed E-state index contributed by atoms with van der Waals surface area (Å²) >= 11 is 1.26. The van der Waals surface area contributed by atoms with Crippen LogP contribution in [-0.4, -0.2) is 26.9 Å². The van der Waals surface area contributed by atoms with Gasteiger partial charge in [-0.1, -0.05) is 12.1 Å². The van der Waals surface area contributed by atoms with Crippen LogP contribution >= 0.6 is 11.3 Å². The van der Waals surface area contributed by atoms with Gasteiger partial charge in [0.05, 0.1) is 4.88 Å². The molecule has 168 valence electrons. The van der Waals surface area contributed by atoms with Crippen molar-refractivity contribution in [2.24, 2.45) is 0 Å². The number of hydrogen-bond donors (Lipinski definition) is 2. The van der Waals surface area contributed by atoms with Gasteiger partial charge >= 0.3 is 5.97 Å². The van der Waals surface area contributed by atoms with E-state index in [1.807, 2.05) is 0 Å². The summed E-state index contributed by atoms with van der Waals surface area (Å²) in [5.41, 5.74) is 2.76. The molecule has 0 fully saturated rings. The summed E-state index contributed by atoms with van der Waals surface area (Å²) < 4.78 is 19.6. The van der Waals surface area contributed by atoms with Crippen LogP contribution in [0.2, 0.25) is 0 Å². The highest BCUT2D eigenvalue weighted by Gasteiger charge is 2.23. The minimum atomic E-state index is -1.18. The zero-order chi connectivity index (χ0) is 24.0. The fourth-order valence-corrected chi connectivity index (χ4v) is 5.03. The van der Waals surface area contributed by atoms with Gasteiger partial charge in [-0.15, -0.1) is 11.3 Å². The number of thiophene rings is 1. The second kappa shape index (κ2) is 8.24. The van der Waals surface area contributed by atoms with Crippen molar-refractivity contribution in [2.75, 3.05) is 0 Å². The van der Waals surface area contributed by atoms with Gasteiger partial charge in [0, 0.05) is 26.8 Å². The molecule has 0 spiro atoms. The van der Waals surface area contributed by atoms with Gasteiger partial charge in [0.25, 0.3) is 0 Å². The molecule has 5 rings (SSSR count). The van der Waals surface area contributed by atoms with E-state index in [2.05, 4.69) is 4.98 Å². The van der Waals surface area contributed by atoms with Crippen LogP contribution in [0.1, 0.15) is 31.3 Å². The average Bonchev–Trinajstić information content (AvgIpc) is 3.44. The van der Waals surface area contributed by atoms with Gasteiger partial charge < -0.3 is 14.6 Å². The highest BCUT2D eigenvalue weighted by atomic mass is 32.1. The standard InChI is InChI=1S/C26H16FNO5S/c1-13-10-16(27)6-8-18(13)23(30)24-22(19-9-7-17(29)11-21(19)34-24)14-2-4-15(5-3-14)25-28-20(12-33-25)26(31)32/h2-12,29H,1H3,(H,31,32). The first-order valence-electron chi connectivity index (χ1n) is 10.2. The molecule has 0 bridgehead atoms. The number of nitrogens with zero attached hydrogens (tertiary/aromatic N) is 1. The third kappa shape index (κ3) is 3.74. The smallest absolute Gasteiger partial charge is 0.357 e. The summed E-state index contributed by atoms with van der Waals surface area (Å²) in [6.45, 7) is 1.69. The molecular weight excluding hydrogens is 457 g/mol. The highest BCUT2D eigenvalue weighted by molar-refractivity contribution is 7.21. The topological polar surface area (TPSA) is 101 Å². The van der Waals surface area contributed by atoms with E-state index in [0.717, 1.165) is 21.9 Å². The van der Waals surface area contributed by atoms with Crippen molar-refractivity contribution in [1.82, 2.24) is 4.98 Å². The Kier molecular flexibility index (Phi) is 5.22. The number of aromatic carboxylic acids is 1. The lowest BCUT2D eigenvalue weighted by Gasteiger charge is -2.08. The SMILES string of the molecule is Cc1cc(F)ccc1C(=O)c1sc2cc(O)ccc2c1-c1ccc(-c2nc(C(=O)O)co2)cc1. The maximum Gasteiger partial charge on any atom is 0.357 e. The van der Waals surface area contributed by atoms with Crippen molar-refractivity contribution in [3.8, 4) is 28.3 Å². The summed E-state index contributed by atoms with van der Waals surface area (Å²) in [5.74, 6) is -1.58. The number of fused-ring (bicyclic) bond motifs is 1. The number of aromatic hydroxyl groups is 1. The Hall–Kier alpha value is -4.30. The van der Waals surface area contributed by atoms with Gasteiger partial charge in [-0.3, -0.25) is 4.79 Å². The first-order chi connectivity index (χ1) is 16.3. The van der Waals surface area contributed by atoms with Crippen LogP contribution < -0.4 is 0 Å². The molecule has 8 heteroatoms. The second-order valence-corrected chi connectivity index (χ2v) is 8.75. The van der Waals surface area contributed by atoms with Gasteiger partial charge in [0.15, 0.2) is 5.69 Å². The zero-order valence-electron chi connectivity index (χ0n) is 17.7. The Bertz CT molecular complexity index is 1580. The number of phenolic OH excluding ortho intramolecular Hbond substituents is 1. The Labute approximate surface area is 196 Å². The number of oxazole rings is 1. The molecule has 34 heavy (non-hydrogen) atoms. The molecular formula is C26H16FNO5S. The van der Waals surface area contributed by atoms with E-state index in [1.165, 1.54) is 29.5 Å². The Balaban J connectivity index is 1.63. The van der Waals surface area contributed by atoms with Crippen LogP contribution in [-0.2, 0) is 0 Å². The number of carboxylic acids is 1. The van der Waals surface area contributed by atoms with Crippen molar-refractivity contribution in [3.63, 3.8) is 0 Å². The molecule has 3 aromatic carbocycles. The van der Waals surface area contributed by atoms with Crippen LogP contribution in [0.4, 0.5) is 4.39 Å². The van der Waals surface area contributed by atoms with Crippen LogP contribution in [0.25, 0.3) is 32.7 Å². The van der Waals surface area contributed by atoms with Gasteiger partial charge in [-0.25, -0.2) is 14.2 Å². The number of carbonyl (C=O) groups is 2. The van der Waals surface area contributed by atoms with Gasteiger partial charge in [-0.05, 0) is 66.6 Å². The number of ketones is 1. The molecule has 2 aromatic heterocycles. The lowest BCUT2D eigenvalue weighted by atomic mass is 9.96. The molecule has 2 N–H and O–H groups in total. The van der Waals surface area contributed by atoms with E-state index in [1.54, 1.807) is 49.4 Å². The van der Waals surface area contributed by atoms with Crippen LogP contribution in [0.15, 0.2) is 71.3 Å². The zero-order valence-corrected chi connectivity index (χ0v) is 18.5. The monoisotopic (exact) mass is 473 g/mol. The molecule has 0 aliphatic carbocycles. The maximum atomic E-state index is 13.6. The molecule has 5 aromatic rings. The number of aryl methyl sites for hydroxylation is 1. The highest BCUT2D eigenvalue weighted by Crippen LogP contribution is 2.42. The van der Waals surface area contributed by atoms with Crippen LogP contribution in [0.5, 0.6) is 5.75 Å². The molecule has 0 aliphatic heterocycles. The van der Waals surface area contributed by atoms with Crippen molar-refractivity contribution in [3.05, 3.63) is 94.4 Å². The predicted molar refractivity (Wildman–Crippen MR) is 126 cm³/mol. The Morgan fingerprint density at radius 2 is 1.74 bits per heavy atom. The molecule has 0 radical (unpaired) electrons. The van der Waals surface area contributed by atoms with Crippen molar-refractivity contribution in [1.29, 1.82) is 0 Å². The third-order valence-electron chi connectivity index (χ3n) is 5.46. The second-order valence-electron chi connectivity index (χ2n) is 7.70. The van der Waals surface area contributed by atoms with E-state index in [-0.39, 0.29) is 23.1 Å². The van der Waals surface area contributed by atoms with Crippen molar-refractivity contribution in [2.45, 2.75) is 6.92 Å². The third-order valence-corrected chi connectivity index (χ3v) is 6.61. The van der Waals surface area contributed by atoms with E-state index >= 15 is 0 Å². The molecule has 2 heterocycles. The molecule has 0 amide bonds. The lowest BCUT2D eigenvalue weighted by molar-refractivity contribution is 0.0690. The molecule has 0 unspecified atom stereocenters. The normalized spacial score (nSPS) is 11.1. The van der Waals surface area contributed by atoms with Gasteiger partial charge in [0.2, 0.25) is 11.7 Å². The maximum absolute atomic E-state index is 13.6. The quantitative estimate of drug-likeness (QED) is 0.290. The van der Waals surface area contributed by atoms with Crippen LogP contribution in [0, 0.1) is 12.7 Å². The number of phenols is 1. The lowest BCUT2D eigenvalue weighted by Crippen LogP contribution is -2.03. The van der Waals surface area contributed by atoms with E-state index in [4.69, 9.17) is 9.52 Å². The number of halogens is 1. The molecule has 6 nitrogen and oxygen atoms in total. The van der Waals surface area contributed by atoms with Crippen molar-refractivity contribution < 1.29 is 28.6 Å². The first kappa shape index (κ1) is 21.5. The molecule has 0 aliphatic rings. The van der Waals surface area contributed by atoms with Gasteiger partial charge in [-0.2, -0.15) is 0 Å². The molecule has 0 saturated heterocycles. The summed E-state index contributed by atoms with van der Waals surface area (Å²) in [4.78, 5) is 29.0. The van der Waals surface area contributed by atoms with E-state index in [0.29, 0.717) is 27.1 Å². The summed E-state index contributed by atoms with van der Waals surface area (Å²) in [6, 6.07) is 16.0. The summed E-state index contributed by atoms with van der Waals surface area (Å²) in [5, 5.41) is 19.8. The fourth-order valence-electron chi connectivity index (χ4n) is 3.82. The Morgan fingerprint density at radius 1 is 1.00 bits per heavy atom. The molecule has 0 saturated carbocycles. The largest absolute Gasteiger partial charge is 0.508 e. The predicted octanol–water partition coefficient (Wildman–Crippen LogP) is 6.31. The number of aromatic nitrogens is 1. The summed E-state index contributed by atoms with van der Waals surface area (Å²) in [6.07, 6.45) is 1.08. The number of carboxylic acid groups (broad SMARTS) is 1. The molecule has 0 atom stereocenters. The minimum Gasteiger partial charge on any atom is -0.508 e. The summed E-state index contributed by atoms with van der Waals surface area (Å²) in [7, 11) is 0. The first-order valence-corrected chi connectivity index (χ1v) is 11.0.